The van der Waals surface area contributed by atoms with Crippen molar-refractivity contribution in [1.29, 1.82) is 0 Å². The fourth-order valence-corrected chi connectivity index (χ4v) is 2.39. The maximum atomic E-state index is 4.49. The zero-order chi connectivity index (χ0) is 11.7. The molecule has 2 heterocycles. The number of hydrogen-bond acceptors (Lipinski definition) is 2. The van der Waals surface area contributed by atoms with Crippen LogP contribution in [0.2, 0.25) is 0 Å². The van der Waals surface area contributed by atoms with Crippen molar-refractivity contribution in [3.05, 3.63) is 41.9 Å². The van der Waals surface area contributed by atoms with Crippen molar-refractivity contribution >= 4 is 24.8 Å². The molecule has 0 radical (unpaired) electrons. The van der Waals surface area contributed by atoms with Crippen LogP contribution in [0.15, 0.2) is 30.5 Å². The van der Waals surface area contributed by atoms with E-state index in [-0.39, 0.29) is 24.8 Å². The van der Waals surface area contributed by atoms with Crippen molar-refractivity contribution in [2.75, 3.05) is 6.54 Å². The summed E-state index contributed by atoms with van der Waals surface area (Å²) in [5, 5.41) is 3.46. The predicted octanol–water partition coefficient (Wildman–Crippen LogP) is 3.65. The molecule has 1 atom stereocenters. The lowest BCUT2D eigenvalue weighted by Gasteiger charge is -2.05. The molecule has 2 aromatic rings. The zero-order valence-corrected chi connectivity index (χ0v) is 12.5. The molecule has 0 spiro atoms. The van der Waals surface area contributed by atoms with Gasteiger partial charge in [-0.05, 0) is 37.9 Å². The van der Waals surface area contributed by atoms with Crippen molar-refractivity contribution in [1.82, 2.24) is 15.3 Å². The van der Waals surface area contributed by atoms with Gasteiger partial charge in [-0.2, -0.15) is 0 Å². The lowest BCUT2D eigenvalue weighted by Crippen LogP contribution is -2.14. The highest BCUT2D eigenvalue weighted by molar-refractivity contribution is 5.85. The van der Waals surface area contributed by atoms with Crippen LogP contribution in [-0.2, 0) is 0 Å². The first-order valence-electron chi connectivity index (χ1n) is 6.18. The number of halogens is 2. The topological polar surface area (TPSA) is 40.7 Å². The molecule has 1 saturated heterocycles. The highest BCUT2D eigenvalue weighted by Gasteiger charge is 2.19. The molecule has 3 rings (SSSR count). The molecule has 0 amide bonds. The molecule has 1 aliphatic heterocycles. The number of nitrogens with zero attached hydrogens (tertiary/aromatic N) is 1. The number of benzene rings is 1. The third-order valence-electron chi connectivity index (χ3n) is 3.31. The number of rotatable bonds is 2. The molecule has 1 aromatic heterocycles. The summed E-state index contributed by atoms with van der Waals surface area (Å²) < 4.78 is 0. The maximum Gasteiger partial charge on any atom is 0.123 e. The standard InChI is InChI=1S/C14H17N3.2ClH/c1-10-4-2-5-11(8-10)13-9-16-14(17-13)12-6-3-7-15-12;;/h2,4-5,8-9,12,15H,3,6-7H2,1H3,(H,16,17);2*1H. The van der Waals surface area contributed by atoms with Gasteiger partial charge < -0.3 is 10.3 Å². The van der Waals surface area contributed by atoms with Gasteiger partial charge in [-0.1, -0.05) is 23.8 Å². The van der Waals surface area contributed by atoms with Crippen molar-refractivity contribution in [2.45, 2.75) is 25.8 Å². The summed E-state index contributed by atoms with van der Waals surface area (Å²) in [7, 11) is 0. The zero-order valence-electron chi connectivity index (χ0n) is 10.8. The number of aromatic nitrogens is 2. The highest BCUT2D eigenvalue weighted by atomic mass is 35.5. The van der Waals surface area contributed by atoms with Gasteiger partial charge in [0.05, 0.1) is 17.9 Å². The summed E-state index contributed by atoms with van der Waals surface area (Å²) in [6.45, 7) is 3.21. The van der Waals surface area contributed by atoms with Crippen molar-refractivity contribution in [3.63, 3.8) is 0 Å². The van der Waals surface area contributed by atoms with E-state index in [9.17, 15) is 0 Å². The monoisotopic (exact) mass is 299 g/mol. The Morgan fingerprint density at radius 1 is 1.26 bits per heavy atom. The van der Waals surface area contributed by atoms with E-state index in [1.807, 2.05) is 6.20 Å². The van der Waals surface area contributed by atoms with E-state index in [1.165, 1.54) is 24.0 Å². The molecule has 5 heteroatoms. The normalized spacial score (nSPS) is 17.6. The highest BCUT2D eigenvalue weighted by Crippen LogP contribution is 2.24. The predicted molar refractivity (Wildman–Crippen MR) is 83.2 cm³/mol. The second-order valence-electron chi connectivity index (χ2n) is 4.70. The minimum atomic E-state index is 0. The average molecular weight is 300 g/mol. The van der Waals surface area contributed by atoms with Crippen LogP contribution in [0.3, 0.4) is 0 Å². The van der Waals surface area contributed by atoms with Gasteiger partial charge in [-0.3, -0.25) is 0 Å². The van der Waals surface area contributed by atoms with Crippen LogP contribution in [-0.4, -0.2) is 16.5 Å². The molecular weight excluding hydrogens is 281 g/mol. The molecule has 1 fully saturated rings. The summed E-state index contributed by atoms with van der Waals surface area (Å²) in [5.41, 5.74) is 3.59. The average Bonchev–Trinajstić information content (AvgIpc) is 3.00. The minimum absolute atomic E-state index is 0. The van der Waals surface area contributed by atoms with E-state index in [0.29, 0.717) is 6.04 Å². The lowest BCUT2D eigenvalue weighted by atomic mass is 10.1. The van der Waals surface area contributed by atoms with Crippen LogP contribution < -0.4 is 5.32 Å². The Hall–Kier alpha value is -1.03. The first-order valence-corrected chi connectivity index (χ1v) is 6.18. The van der Waals surface area contributed by atoms with E-state index in [4.69, 9.17) is 0 Å². The summed E-state index contributed by atoms with van der Waals surface area (Å²) in [5.74, 6) is 1.07. The van der Waals surface area contributed by atoms with E-state index < -0.39 is 0 Å². The fraction of sp³-hybridized carbons (Fsp3) is 0.357. The molecule has 2 N–H and O–H groups in total. The largest absolute Gasteiger partial charge is 0.341 e. The summed E-state index contributed by atoms with van der Waals surface area (Å²) in [6.07, 6.45) is 4.36. The molecule has 0 bridgehead atoms. The molecule has 19 heavy (non-hydrogen) atoms. The Labute approximate surface area is 126 Å². The van der Waals surface area contributed by atoms with Gasteiger partial charge in [0, 0.05) is 0 Å². The third kappa shape index (κ3) is 3.50. The first-order chi connectivity index (χ1) is 8.33. The Bertz CT molecular complexity index is 519. The van der Waals surface area contributed by atoms with Gasteiger partial charge in [0.25, 0.3) is 0 Å². The second kappa shape index (κ2) is 6.94. The van der Waals surface area contributed by atoms with Crippen LogP contribution in [0.4, 0.5) is 0 Å². The van der Waals surface area contributed by atoms with Crippen LogP contribution in [0.1, 0.15) is 30.3 Å². The molecule has 0 saturated carbocycles. The van der Waals surface area contributed by atoms with Gasteiger partial charge in [0.2, 0.25) is 0 Å². The maximum absolute atomic E-state index is 4.49. The van der Waals surface area contributed by atoms with Gasteiger partial charge >= 0.3 is 0 Å². The van der Waals surface area contributed by atoms with Crippen LogP contribution >= 0.6 is 24.8 Å². The molecular formula is C14H19Cl2N3. The molecule has 1 aromatic carbocycles. The van der Waals surface area contributed by atoms with Crippen molar-refractivity contribution in [3.8, 4) is 11.3 Å². The number of hydrogen-bond donors (Lipinski definition) is 2. The fourth-order valence-electron chi connectivity index (χ4n) is 2.39. The number of nitrogens with one attached hydrogen (secondary N) is 2. The van der Waals surface area contributed by atoms with Crippen LogP contribution in [0, 0.1) is 6.92 Å². The molecule has 1 aliphatic rings. The number of imidazole rings is 1. The second-order valence-corrected chi connectivity index (χ2v) is 4.70. The summed E-state index contributed by atoms with van der Waals surface area (Å²) >= 11 is 0. The third-order valence-corrected chi connectivity index (χ3v) is 3.31. The Morgan fingerprint density at radius 2 is 2.11 bits per heavy atom. The first kappa shape index (κ1) is 16.0. The van der Waals surface area contributed by atoms with Crippen LogP contribution in [0.25, 0.3) is 11.3 Å². The quantitative estimate of drug-likeness (QED) is 0.888. The number of aromatic amines is 1. The molecule has 0 aliphatic carbocycles. The van der Waals surface area contributed by atoms with Gasteiger partial charge in [0.15, 0.2) is 0 Å². The Morgan fingerprint density at radius 3 is 2.79 bits per heavy atom. The van der Waals surface area contributed by atoms with Crippen molar-refractivity contribution < 1.29 is 0 Å². The number of aryl methyl sites for hydroxylation is 1. The van der Waals surface area contributed by atoms with E-state index in [2.05, 4.69) is 46.5 Å². The Kier molecular flexibility index (Phi) is 5.85. The smallest absolute Gasteiger partial charge is 0.123 e. The van der Waals surface area contributed by atoms with E-state index in [1.54, 1.807) is 0 Å². The van der Waals surface area contributed by atoms with E-state index >= 15 is 0 Å². The molecule has 104 valence electrons. The van der Waals surface area contributed by atoms with E-state index in [0.717, 1.165) is 18.1 Å². The summed E-state index contributed by atoms with van der Waals surface area (Å²) in [6, 6.07) is 8.90. The minimum Gasteiger partial charge on any atom is -0.341 e. The van der Waals surface area contributed by atoms with Crippen molar-refractivity contribution in [2.24, 2.45) is 0 Å². The van der Waals surface area contributed by atoms with Crippen LogP contribution in [0.5, 0.6) is 0 Å². The van der Waals surface area contributed by atoms with Gasteiger partial charge in [-0.15, -0.1) is 24.8 Å². The molecule has 1 unspecified atom stereocenters. The summed E-state index contributed by atoms with van der Waals surface area (Å²) in [4.78, 5) is 7.91. The molecule has 3 nitrogen and oxygen atoms in total. The number of H-pyrrole nitrogens is 1. The Balaban J connectivity index is 0.000000902. The lowest BCUT2D eigenvalue weighted by molar-refractivity contribution is 0.613. The SMILES string of the molecule is Cc1cccc(-c2cnc(C3CCCN3)[nH]2)c1.Cl.Cl. The van der Waals surface area contributed by atoms with Gasteiger partial charge in [0.1, 0.15) is 5.82 Å². The van der Waals surface area contributed by atoms with Gasteiger partial charge in [-0.25, -0.2) is 4.98 Å².